The van der Waals surface area contributed by atoms with Crippen molar-refractivity contribution >= 4 is 17.2 Å². The van der Waals surface area contributed by atoms with Gasteiger partial charge in [-0.2, -0.15) is 0 Å². The molecular weight excluding hydrogens is 220 g/mol. The Morgan fingerprint density at radius 3 is 3.06 bits per heavy atom. The van der Waals surface area contributed by atoms with E-state index < -0.39 is 0 Å². The van der Waals surface area contributed by atoms with Gasteiger partial charge < -0.3 is 10.6 Å². The maximum atomic E-state index is 12.0. The lowest BCUT2D eigenvalue weighted by Crippen LogP contribution is -2.35. The predicted octanol–water partition coefficient (Wildman–Crippen LogP) is 1.49. The molecule has 1 fully saturated rings. The molecule has 1 saturated heterocycles. The normalized spacial score (nSPS) is 25.0. The zero-order valence-electron chi connectivity index (χ0n) is 9.61. The maximum absolute atomic E-state index is 12.0. The van der Waals surface area contributed by atoms with Crippen LogP contribution in [0.5, 0.6) is 0 Å². The summed E-state index contributed by atoms with van der Waals surface area (Å²) in [6.45, 7) is 4.49. The molecule has 0 aliphatic carbocycles. The Hall–Kier alpha value is -0.870. The van der Waals surface area contributed by atoms with Crippen molar-refractivity contribution in [3.8, 4) is 0 Å². The first-order valence-electron chi connectivity index (χ1n) is 5.63. The molecule has 1 aliphatic rings. The predicted molar refractivity (Wildman–Crippen MR) is 66.4 cm³/mol. The number of likely N-dealkylation sites (tertiary alicyclic amines) is 1. The van der Waals surface area contributed by atoms with Crippen LogP contribution in [0.4, 0.5) is 0 Å². The Labute approximate surface area is 100 Å². The van der Waals surface area contributed by atoms with Gasteiger partial charge in [0.1, 0.15) is 0 Å². The number of rotatable bonds is 3. The van der Waals surface area contributed by atoms with E-state index in [1.807, 2.05) is 22.4 Å². The number of nitrogens with zero attached hydrogens (tertiary/aromatic N) is 1. The van der Waals surface area contributed by atoms with E-state index in [1.165, 1.54) is 0 Å². The highest BCUT2D eigenvalue weighted by molar-refractivity contribution is 7.10. The first-order chi connectivity index (χ1) is 7.63. The summed E-state index contributed by atoms with van der Waals surface area (Å²) in [6, 6.07) is 4.00. The quantitative estimate of drug-likeness (QED) is 0.867. The molecule has 4 heteroatoms. The number of hydrogen-bond donors (Lipinski definition) is 1. The van der Waals surface area contributed by atoms with Crippen molar-refractivity contribution in [2.75, 3.05) is 19.6 Å². The standard InChI is InChI=1S/C12H18N2OS/c1-12(8-13)4-5-14(9-12)11(15)7-10-3-2-6-16-10/h2-3,6H,4-5,7-9,13H2,1H3. The van der Waals surface area contributed by atoms with Crippen molar-refractivity contribution in [2.45, 2.75) is 19.8 Å². The molecule has 2 heterocycles. The van der Waals surface area contributed by atoms with Gasteiger partial charge in [0.25, 0.3) is 0 Å². The minimum atomic E-state index is 0.130. The van der Waals surface area contributed by atoms with E-state index in [-0.39, 0.29) is 11.3 Å². The highest BCUT2D eigenvalue weighted by atomic mass is 32.1. The second-order valence-corrected chi connectivity index (χ2v) is 5.87. The maximum Gasteiger partial charge on any atom is 0.227 e. The third-order valence-corrected chi connectivity index (χ3v) is 4.19. The topological polar surface area (TPSA) is 46.3 Å². The lowest BCUT2D eigenvalue weighted by atomic mass is 9.90. The largest absolute Gasteiger partial charge is 0.342 e. The third-order valence-electron chi connectivity index (χ3n) is 3.31. The van der Waals surface area contributed by atoms with Gasteiger partial charge in [0, 0.05) is 18.0 Å². The average molecular weight is 238 g/mol. The highest BCUT2D eigenvalue weighted by Gasteiger charge is 2.34. The number of hydrogen-bond acceptors (Lipinski definition) is 3. The van der Waals surface area contributed by atoms with Crippen molar-refractivity contribution in [3.05, 3.63) is 22.4 Å². The summed E-state index contributed by atoms with van der Waals surface area (Å²) in [5.74, 6) is 0.236. The van der Waals surface area contributed by atoms with Gasteiger partial charge in [0.2, 0.25) is 5.91 Å². The minimum absolute atomic E-state index is 0.130. The summed E-state index contributed by atoms with van der Waals surface area (Å²) in [6.07, 6.45) is 1.57. The van der Waals surface area contributed by atoms with Crippen molar-refractivity contribution < 1.29 is 4.79 Å². The molecule has 88 valence electrons. The number of carbonyl (C=O) groups excluding carboxylic acids is 1. The average Bonchev–Trinajstić information content (AvgIpc) is 2.88. The molecule has 1 unspecified atom stereocenters. The molecule has 1 atom stereocenters. The van der Waals surface area contributed by atoms with Crippen LogP contribution in [-0.2, 0) is 11.2 Å². The number of thiophene rings is 1. The summed E-state index contributed by atoms with van der Waals surface area (Å²) in [5.41, 5.74) is 5.86. The zero-order valence-corrected chi connectivity index (χ0v) is 10.4. The van der Waals surface area contributed by atoms with Crippen molar-refractivity contribution in [1.29, 1.82) is 0 Å². The molecule has 1 aromatic rings. The van der Waals surface area contributed by atoms with Gasteiger partial charge in [0.15, 0.2) is 0 Å². The summed E-state index contributed by atoms with van der Waals surface area (Å²) in [5, 5.41) is 2.01. The SMILES string of the molecule is CC1(CN)CCN(C(=O)Cc2cccs2)C1. The number of nitrogens with two attached hydrogens (primary N) is 1. The second-order valence-electron chi connectivity index (χ2n) is 4.84. The van der Waals surface area contributed by atoms with Gasteiger partial charge in [-0.05, 0) is 29.8 Å². The molecule has 0 radical (unpaired) electrons. The van der Waals surface area contributed by atoms with E-state index in [0.717, 1.165) is 24.4 Å². The van der Waals surface area contributed by atoms with Crippen molar-refractivity contribution in [2.24, 2.45) is 11.1 Å². The fourth-order valence-electron chi connectivity index (χ4n) is 2.08. The molecule has 2 N–H and O–H groups in total. The van der Waals surface area contributed by atoms with Crippen LogP contribution < -0.4 is 5.73 Å². The van der Waals surface area contributed by atoms with Crippen LogP contribution in [0.2, 0.25) is 0 Å². The molecule has 3 nitrogen and oxygen atoms in total. The van der Waals surface area contributed by atoms with Crippen LogP contribution in [0, 0.1) is 5.41 Å². The molecule has 1 aliphatic heterocycles. The van der Waals surface area contributed by atoms with E-state index in [0.29, 0.717) is 13.0 Å². The van der Waals surface area contributed by atoms with Crippen molar-refractivity contribution in [3.63, 3.8) is 0 Å². The fraction of sp³-hybridized carbons (Fsp3) is 0.583. The minimum Gasteiger partial charge on any atom is -0.342 e. The summed E-state index contributed by atoms with van der Waals surface area (Å²) < 4.78 is 0. The third kappa shape index (κ3) is 2.44. The number of amides is 1. The molecular formula is C12H18N2OS. The summed E-state index contributed by atoms with van der Waals surface area (Å²) in [7, 11) is 0. The molecule has 0 aromatic carbocycles. The monoisotopic (exact) mass is 238 g/mol. The number of carbonyl (C=O) groups is 1. The smallest absolute Gasteiger partial charge is 0.227 e. The van der Waals surface area contributed by atoms with Crippen LogP contribution in [0.3, 0.4) is 0 Å². The van der Waals surface area contributed by atoms with Crippen LogP contribution in [0.1, 0.15) is 18.2 Å². The van der Waals surface area contributed by atoms with Crippen LogP contribution in [0.25, 0.3) is 0 Å². The molecule has 0 spiro atoms. The fourth-order valence-corrected chi connectivity index (χ4v) is 2.77. The second kappa shape index (κ2) is 4.55. The Morgan fingerprint density at radius 1 is 1.69 bits per heavy atom. The van der Waals surface area contributed by atoms with Gasteiger partial charge in [-0.25, -0.2) is 0 Å². The molecule has 2 rings (SSSR count). The van der Waals surface area contributed by atoms with Gasteiger partial charge in [-0.3, -0.25) is 4.79 Å². The summed E-state index contributed by atoms with van der Waals surface area (Å²) >= 11 is 1.64. The van der Waals surface area contributed by atoms with E-state index in [9.17, 15) is 4.79 Å². The Bertz CT molecular complexity index is 363. The van der Waals surface area contributed by atoms with Crippen LogP contribution in [-0.4, -0.2) is 30.4 Å². The van der Waals surface area contributed by atoms with E-state index >= 15 is 0 Å². The Morgan fingerprint density at radius 2 is 2.50 bits per heavy atom. The lowest BCUT2D eigenvalue weighted by Gasteiger charge is -2.22. The Kier molecular flexibility index (Phi) is 3.30. The zero-order chi connectivity index (χ0) is 11.6. The van der Waals surface area contributed by atoms with Crippen molar-refractivity contribution in [1.82, 2.24) is 4.90 Å². The van der Waals surface area contributed by atoms with Gasteiger partial charge in [-0.15, -0.1) is 11.3 Å². The van der Waals surface area contributed by atoms with E-state index in [4.69, 9.17) is 5.73 Å². The van der Waals surface area contributed by atoms with E-state index in [1.54, 1.807) is 11.3 Å². The van der Waals surface area contributed by atoms with E-state index in [2.05, 4.69) is 6.92 Å². The summed E-state index contributed by atoms with van der Waals surface area (Å²) in [4.78, 5) is 15.1. The van der Waals surface area contributed by atoms with Crippen LogP contribution >= 0.6 is 11.3 Å². The van der Waals surface area contributed by atoms with Gasteiger partial charge in [0.05, 0.1) is 6.42 Å². The molecule has 1 amide bonds. The van der Waals surface area contributed by atoms with Crippen LogP contribution in [0.15, 0.2) is 17.5 Å². The lowest BCUT2D eigenvalue weighted by molar-refractivity contribution is -0.129. The first-order valence-corrected chi connectivity index (χ1v) is 6.51. The first kappa shape index (κ1) is 11.6. The van der Waals surface area contributed by atoms with Gasteiger partial charge >= 0.3 is 0 Å². The molecule has 0 bridgehead atoms. The molecule has 1 aromatic heterocycles. The molecule has 16 heavy (non-hydrogen) atoms. The molecule has 0 saturated carbocycles. The highest BCUT2D eigenvalue weighted by Crippen LogP contribution is 2.28. The Balaban J connectivity index is 1.92. The van der Waals surface area contributed by atoms with Gasteiger partial charge in [-0.1, -0.05) is 13.0 Å².